The smallest absolute Gasteiger partial charge is 0.282 e. The summed E-state index contributed by atoms with van der Waals surface area (Å²) in [5.41, 5.74) is 4.50. The van der Waals surface area contributed by atoms with Crippen molar-refractivity contribution in [2.24, 2.45) is 0 Å². The van der Waals surface area contributed by atoms with Gasteiger partial charge in [-0.15, -0.1) is 0 Å². The number of nitrogens with zero attached hydrogens (tertiary/aromatic N) is 2. The summed E-state index contributed by atoms with van der Waals surface area (Å²) in [7, 11) is 0. The van der Waals surface area contributed by atoms with Crippen molar-refractivity contribution in [1.29, 1.82) is 0 Å². The molecule has 3 aromatic carbocycles. The molecule has 0 saturated heterocycles. The highest BCUT2D eigenvalue weighted by Crippen LogP contribution is 2.36. The highest BCUT2D eigenvalue weighted by molar-refractivity contribution is 6.45. The zero-order valence-corrected chi connectivity index (χ0v) is 19.7. The molecule has 0 bridgehead atoms. The molecule has 1 aliphatic heterocycles. The van der Waals surface area contributed by atoms with Gasteiger partial charge >= 0.3 is 0 Å². The monoisotopic (exact) mass is 438 g/mol. The highest BCUT2D eigenvalue weighted by Gasteiger charge is 2.42. The molecule has 0 saturated carbocycles. The molecule has 4 heteroatoms. The molecule has 0 N–H and O–H groups in total. The van der Waals surface area contributed by atoms with Crippen LogP contribution in [0.2, 0.25) is 0 Å². The standard InChI is InChI=1S/C29H30N2O2/c1-5-30(20-21-12-8-6-9-13-21)26-25(22-14-10-7-11-15-22)27(32)31(28(26)33)24-18-16-23(17-19-24)29(2,3)4/h6-19H,5,20H2,1-4H3. The van der Waals surface area contributed by atoms with Crippen LogP contribution in [0.5, 0.6) is 0 Å². The van der Waals surface area contributed by atoms with Crippen molar-refractivity contribution in [1.82, 2.24) is 4.90 Å². The molecule has 0 aromatic heterocycles. The van der Waals surface area contributed by atoms with Gasteiger partial charge in [0.2, 0.25) is 0 Å². The van der Waals surface area contributed by atoms with Crippen LogP contribution in [0, 0.1) is 0 Å². The van der Waals surface area contributed by atoms with E-state index in [9.17, 15) is 9.59 Å². The van der Waals surface area contributed by atoms with Crippen molar-refractivity contribution >= 4 is 23.1 Å². The van der Waals surface area contributed by atoms with Gasteiger partial charge in [-0.1, -0.05) is 93.6 Å². The average Bonchev–Trinajstić information content (AvgIpc) is 3.08. The van der Waals surface area contributed by atoms with Crippen LogP contribution in [-0.2, 0) is 21.5 Å². The van der Waals surface area contributed by atoms with Crippen molar-refractivity contribution in [2.75, 3.05) is 11.4 Å². The van der Waals surface area contributed by atoms with Gasteiger partial charge in [-0.25, -0.2) is 4.90 Å². The summed E-state index contributed by atoms with van der Waals surface area (Å²) >= 11 is 0. The average molecular weight is 439 g/mol. The molecule has 0 fully saturated rings. The molecule has 1 heterocycles. The minimum Gasteiger partial charge on any atom is -0.362 e. The molecule has 4 rings (SSSR count). The van der Waals surface area contributed by atoms with Crippen molar-refractivity contribution in [3.8, 4) is 0 Å². The number of carbonyl (C=O) groups is 2. The Balaban J connectivity index is 1.78. The van der Waals surface area contributed by atoms with Gasteiger partial charge in [0.15, 0.2) is 0 Å². The van der Waals surface area contributed by atoms with Crippen molar-refractivity contribution in [3.05, 3.63) is 107 Å². The van der Waals surface area contributed by atoms with Crippen molar-refractivity contribution in [3.63, 3.8) is 0 Å². The summed E-state index contributed by atoms with van der Waals surface area (Å²) in [6.45, 7) is 9.60. The molecule has 2 amide bonds. The highest BCUT2D eigenvalue weighted by atomic mass is 16.2. The van der Waals surface area contributed by atoms with Crippen molar-refractivity contribution in [2.45, 2.75) is 39.7 Å². The number of amides is 2. The molecule has 4 nitrogen and oxygen atoms in total. The lowest BCUT2D eigenvalue weighted by Gasteiger charge is -2.25. The van der Waals surface area contributed by atoms with Crippen LogP contribution < -0.4 is 4.90 Å². The van der Waals surface area contributed by atoms with Gasteiger partial charge in [-0.3, -0.25) is 9.59 Å². The van der Waals surface area contributed by atoms with Crippen LogP contribution >= 0.6 is 0 Å². The van der Waals surface area contributed by atoms with E-state index in [1.54, 1.807) is 0 Å². The minimum atomic E-state index is -0.281. The van der Waals surface area contributed by atoms with Gasteiger partial charge in [-0.2, -0.15) is 0 Å². The van der Waals surface area contributed by atoms with E-state index >= 15 is 0 Å². The normalized spacial score (nSPS) is 14.2. The topological polar surface area (TPSA) is 40.6 Å². The Labute approximate surface area is 196 Å². The molecular formula is C29H30N2O2. The number of imide groups is 1. The first-order valence-electron chi connectivity index (χ1n) is 11.4. The second-order valence-electron chi connectivity index (χ2n) is 9.33. The number of hydrogen-bond acceptors (Lipinski definition) is 3. The molecule has 168 valence electrons. The van der Waals surface area contributed by atoms with E-state index in [0.717, 1.165) is 16.7 Å². The number of benzene rings is 3. The molecule has 0 aliphatic carbocycles. The van der Waals surface area contributed by atoms with Gasteiger partial charge in [0.1, 0.15) is 5.70 Å². The Morgan fingerprint density at radius 1 is 0.758 bits per heavy atom. The lowest BCUT2D eigenvalue weighted by Crippen LogP contribution is -2.35. The van der Waals surface area contributed by atoms with E-state index in [4.69, 9.17) is 0 Å². The molecule has 0 unspecified atom stereocenters. The number of likely N-dealkylation sites (N-methyl/N-ethyl adjacent to an activating group) is 1. The van der Waals surface area contributed by atoms with Crippen LogP contribution in [0.1, 0.15) is 44.4 Å². The fraction of sp³-hybridized carbons (Fsp3) is 0.241. The molecule has 3 aromatic rings. The Kier molecular flexibility index (Phi) is 6.19. The summed E-state index contributed by atoms with van der Waals surface area (Å²) in [5, 5.41) is 0. The van der Waals surface area contributed by atoms with Crippen molar-refractivity contribution < 1.29 is 9.59 Å². The van der Waals surface area contributed by atoms with Crippen LogP contribution in [0.3, 0.4) is 0 Å². The maximum Gasteiger partial charge on any atom is 0.282 e. The van der Waals surface area contributed by atoms with Crippen LogP contribution in [0.4, 0.5) is 5.69 Å². The lowest BCUT2D eigenvalue weighted by molar-refractivity contribution is -0.120. The fourth-order valence-electron chi connectivity index (χ4n) is 4.17. The van der Waals surface area contributed by atoms with E-state index in [-0.39, 0.29) is 17.2 Å². The van der Waals surface area contributed by atoms with Crippen LogP contribution in [0.15, 0.2) is 90.6 Å². The van der Waals surface area contributed by atoms with Gasteiger partial charge in [0.05, 0.1) is 11.3 Å². The summed E-state index contributed by atoms with van der Waals surface area (Å²) in [5.74, 6) is -0.559. The summed E-state index contributed by atoms with van der Waals surface area (Å²) in [6, 6.07) is 27.2. The maximum absolute atomic E-state index is 13.8. The van der Waals surface area contributed by atoms with E-state index < -0.39 is 0 Å². The lowest BCUT2D eigenvalue weighted by atomic mass is 9.87. The molecule has 33 heavy (non-hydrogen) atoms. The number of carbonyl (C=O) groups excluding carboxylic acids is 2. The van der Waals surface area contributed by atoms with E-state index in [2.05, 4.69) is 20.8 Å². The zero-order valence-electron chi connectivity index (χ0n) is 19.7. The molecular weight excluding hydrogens is 408 g/mol. The van der Waals surface area contributed by atoms with Gasteiger partial charge in [0.25, 0.3) is 11.8 Å². The zero-order chi connectivity index (χ0) is 23.6. The van der Waals surface area contributed by atoms with Crippen LogP contribution in [0.25, 0.3) is 5.57 Å². The quantitative estimate of drug-likeness (QED) is 0.457. The Bertz CT molecular complexity index is 1170. The first-order valence-corrected chi connectivity index (χ1v) is 11.4. The second kappa shape index (κ2) is 9.07. The Morgan fingerprint density at radius 3 is 1.88 bits per heavy atom. The molecule has 0 spiro atoms. The van der Waals surface area contributed by atoms with Gasteiger partial charge in [-0.05, 0) is 41.2 Å². The third kappa shape index (κ3) is 4.47. The van der Waals surface area contributed by atoms with E-state index in [0.29, 0.717) is 30.0 Å². The third-order valence-electron chi connectivity index (χ3n) is 6.03. The first kappa shape index (κ1) is 22.5. The van der Waals surface area contributed by atoms with Crippen LogP contribution in [-0.4, -0.2) is 23.3 Å². The second-order valence-corrected chi connectivity index (χ2v) is 9.33. The van der Waals surface area contributed by atoms with E-state index in [1.165, 1.54) is 4.90 Å². The summed E-state index contributed by atoms with van der Waals surface area (Å²) < 4.78 is 0. The summed E-state index contributed by atoms with van der Waals surface area (Å²) in [6.07, 6.45) is 0. The maximum atomic E-state index is 13.8. The van der Waals surface area contributed by atoms with Gasteiger partial charge in [0, 0.05) is 13.1 Å². The predicted octanol–water partition coefficient (Wildman–Crippen LogP) is 5.79. The largest absolute Gasteiger partial charge is 0.362 e. The predicted molar refractivity (Wildman–Crippen MR) is 134 cm³/mol. The number of rotatable bonds is 6. The number of anilines is 1. The molecule has 0 radical (unpaired) electrons. The summed E-state index contributed by atoms with van der Waals surface area (Å²) in [4.78, 5) is 30.8. The third-order valence-corrected chi connectivity index (χ3v) is 6.03. The Morgan fingerprint density at radius 2 is 1.33 bits per heavy atom. The van der Waals surface area contributed by atoms with Gasteiger partial charge < -0.3 is 4.90 Å². The van der Waals surface area contributed by atoms with E-state index in [1.807, 2.05) is 96.8 Å². The Hall–Kier alpha value is -3.66. The molecule has 0 atom stereocenters. The molecule has 1 aliphatic rings. The fourth-order valence-corrected chi connectivity index (χ4v) is 4.17. The number of hydrogen-bond donors (Lipinski definition) is 0. The minimum absolute atomic E-state index is 0.00907. The first-order chi connectivity index (χ1) is 15.8. The SMILES string of the molecule is CCN(Cc1ccccc1)C1=C(c2ccccc2)C(=O)N(c2ccc(C(C)(C)C)cc2)C1=O.